The monoisotopic (exact) mass is 364 g/mol. The first kappa shape index (κ1) is 16.6. The summed E-state index contributed by atoms with van der Waals surface area (Å²) in [6.07, 6.45) is 0.0506. The summed E-state index contributed by atoms with van der Waals surface area (Å²) >= 11 is 12.0. The molecule has 0 spiro atoms. The van der Waals surface area contributed by atoms with Gasteiger partial charge in [-0.2, -0.15) is 0 Å². The zero-order chi connectivity index (χ0) is 17.3. The molecule has 2 aromatic carbocycles. The van der Waals surface area contributed by atoms with E-state index in [2.05, 4.69) is 5.32 Å². The highest BCUT2D eigenvalue weighted by molar-refractivity contribution is 6.36. The number of nitrogens with one attached hydrogen (secondary N) is 1. The van der Waals surface area contributed by atoms with Gasteiger partial charge in [-0.25, -0.2) is 4.90 Å². The summed E-state index contributed by atoms with van der Waals surface area (Å²) in [6, 6.07) is 11.1. The molecule has 0 aromatic heterocycles. The quantitative estimate of drug-likeness (QED) is 0.839. The summed E-state index contributed by atoms with van der Waals surface area (Å²) in [5.41, 5.74) is 1.04. The normalized spacial score (nSPS) is 17.3. The average molecular weight is 365 g/mol. The highest BCUT2D eigenvalue weighted by atomic mass is 35.5. The predicted octanol–water partition coefficient (Wildman–Crippen LogP) is 3.75. The molecule has 7 heteroatoms. The van der Waals surface area contributed by atoms with E-state index >= 15 is 0 Å². The molecule has 124 valence electrons. The molecule has 2 amide bonds. The smallest absolute Gasteiger partial charge is 0.256 e. The van der Waals surface area contributed by atoms with Gasteiger partial charge in [0.25, 0.3) is 5.91 Å². The second-order valence-electron chi connectivity index (χ2n) is 5.29. The van der Waals surface area contributed by atoms with E-state index in [1.54, 1.807) is 42.5 Å². The van der Waals surface area contributed by atoms with E-state index in [9.17, 15) is 9.59 Å². The number of halogens is 2. The van der Waals surface area contributed by atoms with Crippen LogP contribution in [0.3, 0.4) is 0 Å². The molecule has 1 saturated heterocycles. The van der Waals surface area contributed by atoms with Crippen molar-refractivity contribution < 1.29 is 14.3 Å². The van der Waals surface area contributed by atoms with Gasteiger partial charge >= 0.3 is 0 Å². The van der Waals surface area contributed by atoms with Crippen molar-refractivity contribution in [3.63, 3.8) is 0 Å². The fourth-order valence-electron chi connectivity index (χ4n) is 2.56. The highest BCUT2D eigenvalue weighted by Crippen LogP contribution is 2.30. The van der Waals surface area contributed by atoms with Gasteiger partial charge in [0.2, 0.25) is 5.91 Å². The topological polar surface area (TPSA) is 58.6 Å². The van der Waals surface area contributed by atoms with Crippen molar-refractivity contribution in [1.82, 2.24) is 0 Å². The van der Waals surface area contributed by atoms with Crippen molar-refractivity contribution in [1.29, 1.82) is 0 Å². The van der Waals surface area contributed by atoms with Crippen LogP contribution >= 0.6 is 23.2 Å². The Morgan fingerprint density at radius 1 is 1.17 bits per heavy atom. The number of imide groups is 1. The Bertz CT molecular complexity index is 810. The third-order valence-corrected chi connectivity index (χ3v) is 4.27. The predicted molar refractivity (Wildman–Crippen MR) is 94.0 cm³/mol. The summed E-state index contributed by atoms with van der Waals surface area (Å²) in [5.74, 6) is -0.0413. The van der Waals surface area contributed by atoms with Crippen LogP contribution in [0.4, 0.5) is 11.4 Å². The number of carbonyl (C=O) groups is 2. The number of carbonyl (C=O) groups excluding carboxylic acids is 2. The Kier molecular flexibility index (Phi) is 4.64. The van der Waals surface area contributed by atoms with Gasteiger partial charge in [-0.05, 0) is 30.3 Å². The lowest BCUT2D eigenvalue weighted by Gasteiger charge is -2.17. The minimum atomic E-state index is -0.678. The molecule has 0 bridgehead atoms. The molecule has 1 N–H and O–H groups in total. The maximum Gasteiger partial charge on any atom is 0.256 e. The molecular formula is C17H14Cl2N2O3. The van der Waals surface area contributed by atoms with Gasteiger partial charge in [-0.1, -0.05) is 29.3 Å². The number of rotatable bonds is 4. The molecule has 0 radical (unpaired) electrons. The standard InChI is InChI=1S/C17H14Cl2N2O3/c1-24-12-4-2-3-11(8-12)21-16(22)9-15(17(21)23)20-14-6-5-10(18)7-13(14)19/h2-8,15,20H,9H2,1H3/t15-/m0/s1. The Morgan fingerprint density at radius 3 is 2.67 bits per heavy atom. The first-order valence-corrected chi connectivity index (χ1v) is 7.97. The SMILES string of the molecule is COc1cccc(N2C(=O)C[C@H](Nc3ccc(Cl)cc3Cl)C2=O)c1. The van der Waals surface area contributed by atoms with E-state index in [0.29, 0.717) is 27.2 Å². The van der Waals surface area contributed by atoms with Crippen molar-refractivity contribution in [2.24, 2.45) is 0 Å². The molecule has 3 rings (SSSR count). The fourth-order valence-corrected chi connectivity index (χ4v) is 3.02. The van der Waals surface area contributed by atoms with Crippen LogP contribution < -0.4 is 15.0 Å². The van der Waals surface area contributed by atoms with Crippen LogP contribution in [0.1, 0.15) is 6.42 Å². The molecule has 1 heterocycles. The Morgan fingerprint density at radius 2 is 1.96 bits per heavy atom. The highest BCUT2D eigenvalue weighted by Gasteiger charge is 2.39. The summed E-state index contributed by atoms with van der Waals surface area (Å²) < 4.78 is 5.14. The third kappa shape index (κ3) is 3.18. The van der Waals surface area contributed by atoms with Crippen LogP contribution in [0.2, 0.25) is 10.0 Å². The van der Waals surface area contributed by atoms with Crippen LogP contribution in [0.15, 0.2) is 42.5 Å². The molecule has 1 aliphatic rings. The fraction of sp³-hybridized carbons (Fsp3) is 0.176. The van der Waals surface area contributed by atoms with Gasteiger partial charge in [-0.3, -0.25) is 9.59 Å². The van der Waals surface area contributed by atoms with E-state index in [1.165, 1.54) is 7.11 Å². The molecule has 0 unspecified atom stereocenters. The van der Waals surface area contributed by atoms with Gasteiger partial charge in [-0.15, -0.1) is 0 Å². The van der Waals surface area contributed by atoms with Gasteiger partial charge in [0.15, 0.2) is 0 Å². The third-order valence-electron chi connectivity index (χ3n) is 3.72. The van der Waals surface area contributed by atoms with E-state index < -0.39 is 6.04 Å². The van der Waals surface area contributed by atoms with E-state index in [1.807, 2.05) is 0 Å². The summed E-state index contributed by atoms with van der Waals surface area (Å²) in [5, 5.41) is 3.90. The molecule has 0 aliphatic carbocycles. The number of hydrogen-bond donors (Lipinski definition) is 1. The first-order chi connectivity index (χ1) is 11.5. The second kappa shape index (κ2) is 6.71. The van der Waals surface area contributed by atoms with Crippen molar-refractivity contribution in [2.75, 3.05) is 17.3 Å². The van der Waals surface area contributed by atoms with Crippen LogP contribution in [0.25, 0.3) is 0 Å². The van der Waals surface area contributed by atoms with Crippen LogP contribution in [0, 0.1) is 0 Å². The van der Waals surface area contributed by atoms with Crippen molar-refractivity contribution in [3.8, 4) is 5.75 Å². The van der Waals surface area contributed by atoms with E-state index in [0.717, 1.165) is 4.90 Å². The first-order valence-electron chi connectivity index (χ1n) is 7.22. The largest absolute Gasteiger partial charge is 0.497 e. The molecule has 5 nitrogen and oxygen atoms in total. The lowest BCUT2D eigenvalue weighted by atomic mass is 10.2. The van der Waals surface area contributed by atoms with Crippen molar-refractivity contribution >= 4 is 46.4 Å². The van der Waals surface area contributed by atoms with Crippen molar-refractivity contribution in [3.05, 3.63) is 52.5 Å². The van der Waals surface area contributed by atoms with Gasteiger partial charge in [0, 0.05) is 11.1 Å². The van der Waals surface area contributed by atoms with Crippen LogP contribution in [-0.2, 0) is 9.59 Å². The molecule has 24 heavy (non-hydrogen) atoms. The lowest BCUT2D eigenvalue weighted by molar-refractivity contribution is -0.121. The van der Waals surface area contributed by atoms with Crippen LogP contribution in [-0.4, -0.2) is 25.0 Å². The zero-order valence-corrected chi connectivity index (χ0v) is 14.3. The van der Waals surface area contributed by atoms with Gasteiger partial charge in [0.1, 0.15) is 11.8 Å². The van der Waals surface area contributed by atoms with E-state index in [-0.39, 0.29) is 18.2 Å². The number of amides is 2. The van der Waals surface area contributed by atoms with Crippen molar-refractivity contribution in [2.45, 2.75) is 12.5 Å². The van der Waals surface area contributed by atoms with Gasteiger partial charge < -0.3 is 10.1 Å². The number of ether oxygens (including phenoxy) is 1. The summed E-state index contributed by atoms with van der Waals surface area (Å²) in [7, 11) is 1.53. The Balaban J connectivity index is 1.83. The van der Waals surface area contributed by atoms with Gasteiger partial charge in [0.05, 0.1) is 29.9 Å². The Labute approximate surface area is 149 Å². The number of nitrogens with zero attached hydrogens (tertiary/aromatic N) is 1. The Hall–Kier alpha value is -2.24. The number of methoxy groups -OCH3 is 1. The second-order valence-corrected chi connectivity index (χ2v) is 6.14. The molecule has 0 saturated carbocycles. The van der Waals surface area contributed by atoms with E-state index in [4.69, 9.17) is 27.9 Å². The number of benzene rings is 2. The molecular weight excluding hydrogens is 351 g/mol. The molecule has 1 fully saturated rings. The maximum absolute atomic E-state index is 12.6. The number of anilines is 2. The summed E-state index contributed by atoms with van der Waals surface area (Å²) in [4.78, 5) is 26.1. The lowest BCUT2D eigenvalue weighted by Crippen LogP contribution is -2.34. The molecule has 1 aliphatic heterocycles. The molecule has 2 aromatic rings. The maximum atomic E-state index is 12.6. The number of hydrogen-bond acceptors (Lipinski definition) is 4. The summed E-state index contributed by atoms with van der Waals surface area (Å²) in [6.45, 7) is 0. The average Bonchev–Trinajstić information content (AvgIpc) is 2.84. The minimum absolute atomic E-state index is 0.0506. The zero-order valence-electron chi connectivity index (χ0n) is 12.8. The minimum Gasteiger partial charge on any atom is -0.497 e. The van der Waals surface area contributed by atoms with Crippen LogP contribution in [0.5, 0.6) is 5.75 Å². The molecule has 1 atom stereocenters.